The van der Waals surface area contributed by atoms with E-state index in [-0.39, 0.29) is 5.56 Å². The number of nitrogens with zero attached hydrogens (tertiary/aromatic N) is 2. The van der Waals surface area contributed by atoms with Crippen LogP contribution >= 0.6 is 11.3 Å². The number of rotatable bonds is 7. The van der Waals surface area contributed by atoms with Crippen LogP contribution in [0.5, 0.6) is 11.5 Å². The largest absolute Gasteiger partial charge is 0.497 e. The molecule has 2 aromatic heterocycles. The Morgan fingerprint density at radius 2 is 1.91 bits per heavy atom. The van der Waals surface area contributed by atoms with E-state index in [2.05, 4.69) is 22.4 Å². The van der Waals surface area contributed by atoms with Crippen molar-refractivity contribution in [2.45, 2.75) is 38.4 Å². The molecule has 0 fully saturated rings. The van der Waals surface area contributed by atoms with Crippen molar-refractivity contribution in [2.24, 2.45) is 0 Å². The average molecular weight is 462 g/mol. The number of thiophene rings is 1. The molecule has 0 aliphatic heterocycles. The van der Waals surface area contributed by atoms with Gasteiger partial charge in [-0.3, -0.25) is 9.36 Å². The van der Waals surface area contributed by atoms with E-state index in [0.717, 1.165) is 53.1 Å². The highest BCUT2D eigenvalue weighted by Gasteiger charge is 2.25. The highest BCUT2D eigenvalue weighted by Crippen LogP contribution is 2.33. The van der Waals surface area contributed by atoms with Crippen molar-refractivity contribution in [3.8, 4) is 11.5 Å². The highest BCUT2D eigenvalue weighted by atomic mass is 32.1. The fourth-order valence-electron chi connectivity index (χ4n) is 4.46. The normalized spacial score (nSPS) is 15.4. The van der Waals surface area contributed by atoms with Crippen LogP contribution in [0.2, 0.25) is 0 Å². The molecule has 1 aliphatic rings. The second kappa shape index (κ2) is 9.37. The Balaban J connectivity index is 1.33. The molecule has 4 aromatic rings. The first-order valence-electron chi connectivity index (χ1n) is 11.1. The molecule has 33 heavy (non-hydrogen) atoms. The quantitative estimate of drug-likeness (QED) is 0.448. The Kier molecular flexibility index (Phi) is 6.15. The van der Waals surface area contributed by atoms with Gasteiger partial charge in [0.05, 0.1) is 32.5 Å². The van der Waals surface area contributed by atoms with E-state index < -0.39 is 0 Å². The third-order valence-corrected chi connectivity index (χ3v) is 7.44. The molecule has 1 aliphatic carbocycles. The minimum Gasteiger partial charge on any atom is -0.497 e. The van der Waals surface area contributed by atoms with Crippen LogP contribution in [-0.2, 0) is 25.9 Å². The number of aromatic nitrogens is 2. The summed E-state index contributed by atoms with van der Waals surface area (Å²) in [7, 11) is 3.33. The molecule has 1 N–H and O–H groups in total. The maximum atomic E-state index is 13.3. The van der Waals surface area contributed by atoms with Gasteiger partial charge in [0, 0.05) is 17.5 Å². The zero-order valence-corrected chi connectivity index (χ0v) is 19.7. The second-order valence-corrected chi connectivity index (χ2v) is 9.47. The third-order valence-electron chi connectivity index (χ3n) is 6.28. The number of methoxy groups -OCH3 is 2. The van der Waals surface area contributed by atoms with Gasteiger partial charge in [-0.15, -0.1) is 11.3 Å². The molecule has 0 spiro atoms. The Labute approximate surface area is 196 Å². The molecule has 1 unspecified atom stereocenters. The fourth-order valence-corrected chi connectivity index (χ4v) is 5.72. The first-order chi connectivity index (χ1) is 16.1. The molecule has 2 heterocycles. The summed E-state index contributed by atoms with van der Waals surface area (Å²) >= 11 is 1.66. The van der Waals surface area contributed by atoms with Crippen molar-refractivity contribution in [3.05, 3.63) is 86.8 Å². The van der Waals surface area contributed by atoms with E-state index in [4.69, 9.17) is 9.47 Å². The number of nitrogens with one attached hydrogen (secondary N) is 1. The van der Waals surface area contributed by atoms with Crippen LogP contribution in [0.4, 0.5) is 0 Å². The summed E-state index contributed by atoms with van der Waals surface area (Å²) < 4.78 is 12.3. The summed E-state index contributed by atoms with van der Waals surface area (Å²) in [5, 5.41) is 4.48. The number of ether oxygens (including phenoxy) is 2. The smallest absolute Gasteiger partial charge is 0.262 e. The molecule has 6 nitrogen and oxygen atoms in total. The summed E-state index contributed by atoms with van der Waals surface area (Å²) in [6, 6.07) is 16.4. The maximum absolute atomic E-state index is 13.3. The van der Waals surface area contributed by atoms with Gasteiger partial charge < -0.3 is 14.8 Å². The predicted octanol–water partition coefficient (Wildman–Crippen LogP) is 4.17. The Morgan fingerprint density at radius 3 is 2.70 bits per heavy atom. The van der Waals surface area contributed by atoms with E-state index in [0.29, 0.717) is 12.6 Å². The molecule has 2 aromatic carbocycles. The highest BCUT2D eigenvalue weighted by molar-refractivity contribution is 7.18. The maximum Gasteiger partial charge on any atom is 0.262 e. The molecule has 0 amide bonds. The SMILES string of the molecule is COc1ccc(CNC2CCc3c(sc4ncn(Cc5cccc(OC)c5)c(=O)c34)C2)cc1. The lowest BCUT2D eigenvalue weighted by Crippen LogP contribution is -2.33. The standard InChI is InChI=1S/C26H27N3O3S/c1-31-20-9-6-17(7-10-20)14-27-19-8-11-22-23(13-19)33-25-24(22)26(30)29(16-28-25)15-18-4-3-5-21(12-18)32-2/h3-7,9-10,12,16,19,27H,8,11,13-15H2,1-2H3. The first-order valence-corrected chi connectivity index (χ1v) is 11.9. The van der Waals surface area contributed by atoms with E-state index in [1.165, 1.54) is 16.0 Å². The van der Waals surface area contributed by atoms with Gasteiger partial charge in [0.25, 0.3) is 5.56 Å². The van der Waals surface area contributed by atoms with E-state index in [1.54, 1.807) is 36.5 Å². The summed E-state index contributed by atoms with van der Waals surface area (Å²) in [5.74, 6) is 1.66. The number of fused-ring (bicyclic) bond motifs is 3. The first kappa shape index (κ1) is 21.7. The lowest BCUT2D eigenvalue weighted by atomic mass is 9.93. The van der Waals surface area contributed by atoms with Gasteiger partial charge in [0.1, 0.15) is 16.3 Å². The topological polar surface area (TPSA) is 65.4 Å². The summed E-state index contributed by atoms with van der Waals surface area (Å²) in [6.45, 7) is 1.30. The molecule has 0 saturated heterocycles. The van der Waals surface area contributed by atoms with Gasteiger partial charge in [-0.25, -0.2) is 4.98 Å². The van der Waals surface area contributed by atoms with Gasteiger partial charge >= 0.3 is 0 Å². The van der Waals surface area contributed by atoms with Crippen LogP contribution in [0.25, 0.3) is 10.2 Å². The predicted molar refractivity (Wildman–Crippen MR) is 132 cm³/mol. The lowest BCUT2D eigenvalue weighted by molar-refractivity contribution is 0.414. The Morgan fingerprint density at radius 1 is 1.09 bits per heavy atom. The van der Waals surface area contributed by atoms with Crippen molar-refractivity contribution in [2.75, 3.05) is 14.2 Å². The van der Waals surface area contributed by atoms with Crippen molar-refractivity contribution in [3.63, 3.8) is 0 Å². The Hall–Kier alpha value is -3.16. The lowest BCUT2D eigenvalue weighted by Gasteiger charge is -2.23. The molecule has 170 valence electrons. The number of benzene rings is 2. The molecule has 5 rings (SSSR count). The second-order valence-electron chi connectivity index (χ2n) is 8.38. The zero-order chi connectivity index (χ0) is 22.8. The van der Waals surface area contributed by atoms with E-state index >= 15 is 0 Å². The number of aryl methyl sites for hydroxylation is 1. The molecule has 0 bridgehead atoms. The van der Waals surface area contributed by atoms with E-state index in [9.17, 15) is 4.79 Å². The minimum absolute atomic E-state index is 0.0463. The molecular weight excluding hydrogens is 434 g/mol. The zero-order valence-electron chi connectivity index (χ0n) is 18.8. The summed E-state index contributed by atoms with van der Waals surface area (Å²) in [4.78, 5) is 20.1. The molecular formula is C26H27N3O3S. The van der Waals surface area contributed by atoms with Crippen LogP contribution in [0.1, 0.15) is 28.0 Å². The summed E-state index contributed by atoms with van der Waals surface area (Å²) in [5.41, 5.74) is 3.49. The van der Waals surface area contributed by atoms with Crippen molar-refractivity contribution >= 4 is 21.6 Å². The van der Waals surface area contributed by atoms with Crippen molar-refractivity contribution in [1.82, 2.24) is 14.9 Å². The molecule has 7 heteroatoms. The van der Waals surface area contributed by atoms with Gasteiger partial charge in [0.15, 0.2) is 0 Å². The Bertz CT molecular complexity index is 1330. The van der Waals surface area contributed by atoms with Crippen LogP contribution in [0.15, 0.2) is 59.7 Å². The fraction of sp³-hybridized carbons (Fsp3) is 0.308. The van der Waals surface area contributed by atoms with Gasteiger partial charge in [-0.1, -0.05) is 24.3 Å². The van der Waals surface area contributed by atoms with Crippen LogP contribution in [0.3, 0.4) is 0 Å². The number of hydrogen-bond acceptors (Lipinski definition) is 6. The summed E-state index contributed by atoms with van der Waals surface area (Å²) in [6.07, 6.45) is 4.52. The van der Waals surface area contributed by atoms with Crippen LogP contribution < -0.4 is 20.3 Å². The van der Waals surface area contributed by atoms with Gasteiger partial charge in [0.2, 0.25) is 0 Å². The monoisotopic (exact) mass is 461 g/mol. The molecule has 1 atom stereocenters. The molecule has 0 saturated carbocycles. The van der Waals surface area contributed by atoms with Crippen LogP contribution in [0, 0.1) is 0 Å². The van der Waals surface area contributed by atoms with Crippen LogP contribution in [-0.4, -0.2) is 29.8 Å². The minimum atomic E-state index is 0.0463. The van der Waals surface area contributed by atoms with Crippen molar-refractivity contribution in [1.29, 1.82) is 0 Å². The average Bonchev–Trinajstić information content (AvgIpc) is 3.23. The molecule has 0 radical (unpaired) electrons. The van der Waals surface area contributed by atoms with Gasteiger partial charge in [-0.05, 0) is 60.2 Å². The number of hydrogen-bond donors (Lipinski definition) is 1. The van der Waals surface area contributed by atoms with Gasteiger partial charge in [-0.2, -0.15) is 0 Å². The van der Waals surface area contributed by atoms with E-state index in [1.807, 2.05) is 36.4 Å². The van der Waals surface area contributed by atoms with Crippen molar-refractivity contribution < 1.29 is 9.47 Å². The third kappa shape index (κ3) is 4.51.